The molecule has 2 unspecified atom stereocenters. The predicted octanol–water partition coefficient (Wildman–Crippen LogP) is 3.39. The van der Waals surface area contributed by atoms with Gasteiger partial charge in [-0.05, 0) is 19.4 Å². The average molecular weight is 237 g/mol. The van der Waals surface area contributed by atoms with Gasteiger partial charge in [0.2, 0.25) is 0 Å². The van der Waals surface area contributed by atoms with Crippen molar-refractivity contribution < 1.29 is 4.74 Å². The molecule has 0 amide bonds. The Hall–Kier alpha value is -0.690. The molecule has 0 radical (unpaired) electrons. The van der Waals surface area contributed by atoms with Crippen molar-refractivity contribution in [3.05, 3.63) is 49.1 Å². The van der Waals surface area contributed by atoms with Crippen LogP contribution in [0.15, 0.2) is 43.5 Å². The Morgan fingerprint density at radius 1 is 1.31 bits per heavy atom. The molecule has 2 nitrogen and oxygen atoms in total. The molecule has 0 aliphatic carbocycles. The zero-order valence-electron chi connectivity index (χ0n) is 10.0. The van der Waals surface area contributed by atoms with E-state index in [-0.39, 0.29) is 11.8 Å². The first-order valence-corrected chi connectivity index (χ1v) is 5.86. The highest BCUT2D eigenvalue weighted by atomic mass is 31.0. The highest BCUT2D eigenvalue weighted by molar-refractivity contribution is 7.13. The van der Waals surface area contributed by atoms with Crippen molar-refractivity contribution >= 4 is 9.39 Å². The van der Waals surface area contributed by atoms with Crippen LogP contribution in [-0.2, 0) is 4.74 Å². The molecule has 2 atom stereocenters. The van der Waals surface area contributed by atoms with Crippen LogP contribution in [-0.4, -0.2) is 16.9 Å². The number of hydrogen-bond acceptors (Lipinski definition) is 2. The van der Waals surface area contributed by atoms with Crippen molar-refractivity contribution in [2.75, 3.05) is 6.54 Å². The number of ether oxygens (including phenoxy) is 1. The standard InChI is InChI=1S/C11H16NOP.C2H4/c1-11(2)12(14)8-10(13-11)9-6-4-3-5-7-9;1-2/h3-7,10H,8,14H2,1-2H3;1-2H2. The molecule has 1 aliphatic rings. The lowest BCUT2D eigenvalue weighted by atomic mass is 10.1. The summed E-state index contributed by atoms with van der Waals surface area (Å²) in [5.41, 5.74) is 1.08. The molecular weight excluding hydrogens is 217 g/mol. The van der Waals surface area contributed by atoms with Crippen LogP contribution in [0.5, 0.6) is 0 Å². The van der Waals surface area contributed by atoms with E-state index in [0.29, 0.717) is 0 Å². The molecule has 0 bridgehead atoms. The molecule has 1 heterocycles. The van der Waals surface area contributed by atoms with Gasteiger partial charge in [-0.15, -0.1) is 13.2 Å². The summed E-state index contributed by atoms with van der Waals surface area (Å²) in [4.78, 5) is 0. The molecular formula is C13H20NOP. The molecule has 0 N–H and O–H groups in total. The summed E-state index contributed by atoms with van der Waals surface area (Å²) >= 11 is 0. The molecule has 1 saturated heterocycles. The van der Waals surface area contributed by atoms with Gasteiger partial charge in [0.15, 0.2) is 0 Å². The van der Waals surface area contributed by atoms with Gasteiger partial charge >= 0.3 is 0 Å². The molecule has 16 heavy (non-hydrogen) atoms. The first-order valence-electron chi connectivity index (χ1n) is 5.35. The lowest BCUT2D eigenvalue weighted by Crippen LogP contribution is -2.31. The molecule has 2 rings (SSSR count). The summed E-state index contributed by atoms with van der Waals surface area (Å²) in [5, 5.41) is 0. The van der Waals surface area contributed by atoms with E-state index in [9.17, 15) is 0 Å². The minimum absolute atomic E-state index is 0.175. The van der Waals surface area contributed by atoms with Gasteiger partial charge in [-0.25, -0.2) is 0 Å². The van der Waals surface area contributed by atoms with E-state index in [2.05, 4.69) is 65.3 Å². The Morgan fingerprint density at radius 2 is 1.88 bits per heavy atom. The topological polar surface area (TPSA) is 12.5 Å². The Morgan fingerprint density at radius 3 is 2.31 bits per heavy atom. The number of benzene rings is 1. The molecule has 88 valence electrons. The lowest BCUT2D eigenvalue weighted by Gasteiger charge is -2.25. The van der Waals surface area contributed by atoms with Gasteiger partial charge in [0, 0.05) is 6.54 Å². The van der Waals surface area contributed by atoms with Gasteiger partial charge in [-0.2, -0.15) is 0 Å². The second-order valence-corrected chi connectivity index (χ2v) is 4.74. The van der Waals surface area contributed by atoms with Gasteiger partial charge in [0.05, 0.1) is 6.10 Å². The molecule has 1 aromatic rings. The summed E-state index contributed by atoms with van der Waals surface area (Å²) in [6.07, 6.45) is 0.198. The Bertz CT molecular complexity index is 326. The van der Waals surface area contributed by atoms with Crippen molar-refractivity contribution in [3.63, 3.8) is 0 Å². The maximum absolute atomic E-state index is 5.95. The quantitative estimate of drug-likeness (QED) is 0.548. The van der Waals surface area contributed by atoms with Crippen LogP contribution in [0.3, 0.4) is 0 Å². The van der Waals surface area contributed by atoms with E-state index < -0.39 is 0 Å². The Kier molecular flexibility index (Phi) is 4.67. The highest BCUT2D eigenvalue weighted by Crippen LogP contribution is 2.37. The Labute approximate surface area is 101 Å². The van der Waals surface area contributed by atoms with E-state index in [1.807, 2.05) is 6.07 Å². The zero-order valence-corrected chi connectivity index (χ0v) is 11.2. The van der Waals surface area contributed by atoms with Crippen molar-refractivity contribution in [2.45, 2.75) is 25.7 Å². The van der Waals surface area contributed by atoms with Crippen LogP contribution in [0.2, 0.25) is 0 Å². The van der Waals surface area contributed by atoms with Gasteiger partial charge < -0.3 is 4.74 Å². The highest BCUT2D eigenvalue weighted by Gasteiger charge is 2.37. The van der Waals surface area contributed by atoms with Gasteiger partial charge in [0.1, 0.15) is 5.72 Å². The maximum atomic E-state index is 5.95. The Balaban J connectivity index is 0.000000606. The summed E-state index contributed by atoms with van der Waals surface area (Å²) in [7, 11) is 2.72. The first kappa shape index (κ1) is 13.4. The molecule has 0 spiro atoms. The van der Waals surface area contributed by atoms with Crippen LogP contribution in [0, 0.1) is 0 Å². The van der Waals surface area contributed by atoms with Gasteiger partial charge in [0.25, 0.3) is 0 Å². The molecule has 1 aromatic carbocycles. The smallest absolute Gasteiger partial charge is 0.119 e. The fraction of sp³-hybridized carbons (Fsp3) is 0.385. The van der Waals surface area contributed by atoms with Crippen molar-refractivity contribution in [3.8, 4) is 0 Å². The normalized spacial score (nSPS) is 23.6. The number of hydrogen-bond donors (Lipinski definition) is 0. The van der Waals surface area contributed by atoms with E-state index >= 15 is 0 Å². The van der Waals surface area contributed by atoms with E-state index in [4.69, 9.17) is 4.74 Å². The van der Waals surface area contributed by atoms with E-state index in [1.54, 1.807) is 0 Å². The number of rotatable bonds is 1. The third kappa shape index (κ3) is 2.91. The van der Waals surface area contributed by atoms with E-state index in [1.165, 1.54) is 5.56 Å². The molecule has 0 saturated carbocycles. The minimum atomic E-state index is -0.175. The van der Waals surface area contributed by atoms with Crippen LogP contribution in [0.4, 0.5) is 0 Å². The first-order chi connectivity index (χ1) is 7.59. The summed E-state index contributed by atoms with van der Waals surface area (Å²) in [6.45, 7) is 11.1. The minimum Gasteiger partial charge on any atom is -0.351 e. The van der Waals surface area contributed by atoms with Crippen molar-refractivity contribution in [1.29, 1.82) is 0 Å². The third-order valence-electron chi connectivity index (χ3n) is 2.66. The monoisotopic (exact) mass is 237 g/mol. The largest absolute Gasteiger partial charge is 0.351 e. The van der Waals surface area contributed by atoms with E-state index in [0.717, 1.165) is 6.54 Å². The fourth-order valence-electron chi connectivity index (χ4n) is 1.69. The SMILES string of the molecule is C=C.CC1(C)OC(c2ccccc2)CN1P. The van der Waals surface area contributed by atoms with Crippen molar-refractivity contribution in [1.82, 2.24) is 4.67 Å². The zero-order chi connectivity index (χ0) is 12.2. The second-order valence-electron chi connectivity index (χ2n) is 4.12. The molecule has 0 aromatic heterocycles. The van der Waals surface area contributed by atoms with Gasteiger partial charge in [-0.3, -0.25) is 4.67 Å². The maximum Gasteiger partial charge on any atom is 0.119 e. The molecule has 1 fully saturated rings. The molecule has 1 aliphatic heterocycles. The van der Waals surface area contributed by atoms with Crippen LogP contribution in [0.1, 0.15) is 25.5 Å². The lowest BCUT2D eigenvalue weighted by molar-refractivity contribution is -0.0486. The second kappa shape index (κ2) is 5.58. The summed E-state index contributed by atoms with van der Waals surface area (Å²) in [6, 6.07) is 10.4. The third-order valence-corrected chi connectivity index (χ3v) is 3.49. The van der Waals surface area contributed by atoms with Crippen molar-refractivity contribution in [2.24, 2.45) is 0 Å². The summed E-state index contributed by atoms with van der Waals surface area (Å²) in [5.74, 6) is 0. The van der Waals surface area contributed by atoms with Gasteiger partial charge in [-0.1, -0.05) is 39.7 Å². The average Bonchev–Trinajstić information content (AvgIpc) is 2.58. The molecule has 3 heteroatoms. The van der Waals surface area contributed by atoms with Crippen LogP contribution in [0.25, 0.3) is 0 Å². The fourth-order valence-corrected chi connectivity index (χ4v) is 1.95. The van der Waals surface area contributed by atoms with Crippen LogP contribution >= 0.6 is 9.39 Å². The van der Waals surface area contributed by atoms with Crippen LogP contribution < -0.4 is 0 Å². The summed E-state index contributed by atoms with van der Waals surface area (Å²) < 4.78 is 8.11. The number of nitrogens with zero attached hydrogens (tertiary/aromatic N) is 1. The predicted molar refractivity (Wildman–Crippen MR) is 72.0 cm³/mol.